The van der Waals surface area contributed by atoms with E-state index in [4.69, 9.17) is 25.8 Å². The number of carboxylic acid groups (broad SMARTS) is 1. The minimum Gasteiger partial charge on any atom is -0.487 e. The van der Waals surface area contributed by atoms with Crippen LogP contribution in [0.25, 0.3) is 10.9 Å². The summed E-state index contributed by atoms with van der Waals surface area (Å²) in [6, 6.07) is 13.0. The van der Waals surface area contributed by atoms with Gasteiger partial charge in [-0.1, -0.05) is 17.7 Å². The van der Waals surface area contributed by atoms with Gasteiger partial charge in [-0.3, -0.25) is 15.1 Å². The predicted molar refractivity (Wildman–Crippen MR) is 149 cm³/mol. The summed E-state index contributed by atoms with van der Waals surface area (Å²) in [5, 5.41) is 25.2. The minimum atomic E-state index is -1.04. The molecular weight excluding hydrogens is 556 g/mol. The number of nitro benzene ring substituents is 1. The summed E-state index contributed by atoms with van der Waals surface area (Å²) < 4.78 is 16.9. The van der Waals surface area contributed by atoms with E-state index < -0.39 is 17.1 Å². The number of hydrogen-bond acceptors (Lipinski definition) is 10. The average Bonchev–Trinajstić information content (AvgIpc) is 2.97. The fourth-order valence-corrected chi connectivity index (χ4v) is 4.58. The predicted octanol–water partition coefficient (Wildman–Crippen LogP) is 5.06. The van der Waals surface area contributed by atoms with Crippen LogP contribution in [-0.4, -0.2) is 68.4 Å². The first-order valence-corrected chi connectivity index (χ1v) is 13.0. The Morgan fingerprint density at radius 2 is 2.05 bits per heavy atom. The highest BCUT2D eigenvalue weighted by Crippen LogP contribution is 2.36. The third-order valence-corrected chi connectivity index (χ3v) is 6.69. The van der Waals surface area contributed by atoms with Crippen molar-refractivity contribution in [2.24, 2.45) is 0 Å². The molecule has 5 rings (SSSR count). The molecule has 4 aromatic rings. The Kier molecular flexibility index (Phi) is 8.56. The second-order valence-electron chi connectivity index (χ2n) is 9.04. The van der Waals surface area contributed by atoms with E-state index in [9.17, 15) is 20.0 Å². The van der Waals surface area contributed by atoms with Crippen LogP contribution in [0.3, 0.4) is 0 Å². The standard InChI is InChI=1S/C27H25ClN6O7/c28-21-11-17(4-5-24(21)41-14-18-3-1-2-7-29-18)32-26-20-12-23(34(37)38)25(13-22(20)30-16-31-26)40-9-6-19-15-39-10-8-33(19)27(35)36/h1-5,7,11-13,16,19H,6,8-10,14-15H2,(H,35,36)(H,30,31,32). The molecule has 1 fully saturated rings. The summed E-state index contributed by atoms with van der Waals surface area (Å²) in [5.41, 5.74) is 1.48. The molecule has 212 valence electrons. The monoisotopic (exact) mass is 580 g/mol. The van der Waals surface area contributed by atoms with Crippen molar-refractivity contribution >= 4 is 45.8 Å². The van der Waals surface area contributed by atoms with Crippen molar-refractivity contribution in [1.82, 2.24) is 19.9 Å². The maximum absolute atomic E-state index is 11.9. The van der Waals surface area contributed by atoms with Crippen LogP contribution in [0.2, 0.25) is 5.02 Å². The maximum Gasteiger partial charge on any atom is 0.407 e. The molecular formula is C27H25ClN6O7. The lowest BCUT2D eigenvalue weighted by molar-refractivity contribution is -0.385. The van der Waals surface area contributed by atoms with E-state index in [2.05, 4.69) is 20.3 Å². The molecule has 0 spiro atoms. The molecule has 41 heavy (non-hydrogen) atoms. The van der Waals surface area contributed by atoms with Gasteiger partial charge in [-0.25, -0.2) is 14.8 Å². The molecule has 2 N–H and O–H groups in total. The zero-order chi connectivity index (χ0) is 28.8. The van der Waals surface area contributed by atoms with Crippen LogP contribution < -0.4 is 14.8 Å². The number of amides is 1. The zero-order valence-corrected chi connectivity index (χ0v) is 22.4. The summed E-state index contributed by atoms with van der Waals surface area (Å²) in [6.45, 7) is 1.12. The molecule has 1 saturated heterocycles. The molecule has 14 heteroatoms. The lowest BCUT2D eigenvalue weighted by Crippen LogP contribution is -2.48. The van der Waals surface area contributed by atoms with Crippen molar-refractivity contribution in [2.45, 2.75) is 19.1 Å². The Hall–Kier alpha value is -4.75. The van der Waals surface area contributed by atoms with Gasteiger partial charge in [0.15, 0.2) is 5.75 Å². The van der Waals surface area contributed by atoms with E-state index in [0.29, 0.717) is 46.2 Å². The molecule has 1 atom stereocenters. The molecule has 3 heterocycles. The number of benzene rings is 2. The van der Waals surface area contributed by atoms with Gasteiger partial charge in [0.05, 0.1) is 52.4 Å². The highest BCUT2D eigenvalue weighted by Gasteiger charge is 2.27. The van der Waals surface area contributed by atoms with Crippen LogP contribution in [0.15, 0.2) is 61.1 Å². The third-order valence-electron chi connectivity index (χ3n) is 6.39. The molecule has 0 bridgehead atoms. The van der Waals surface area contributed by atoms with Gasteiger partial charge in [-0.15, -0.1) is 0 Å². The number of nitrogens with one attached hydrogen (secondary N) is 1. The number of fused-ring (bicyclic) bond motifs is 1. The average molecular weight is 581 g/mol. The fraction of sp³-hybridized carbons (Fsp3) is 0.259. The molecule has 0 radical (unpaired) electrons. The smallest absolute Gasteiger partial charge is 0.407 e. The Morgan fingerprint density at radius 3 is 2.80 bits per heavy atom. The van der Waals surface area contributed by atoms with Gasteiger partial charge in [-0.2, -0.15) is 0 Å². The number of hydrogen-bond donors (Lipinski definition) is 2. The molecule has 1 amide bonds. The number of morpholine rings is 1. The van der Waals surface area contributed by atoms with Crippen molar-refractivity contribution in [3.05, 3.63) is 81.9 Å². The number of nitrogens with zero attached hydrogens (tertiary/aromatic N) is 5. The number of anilines is 2. The van der Waals surface area contributed by atoms with Gasteiger partial charge in [0.1, 0.15) is 24.5 Å². The minimum absolute atomic E-state index is 0.0169. The molecule has 2 aromatic heterocycles. The van der Waals surface area contributed by atoms with Crippen molar-refractivity contribution < 1.29 is 29.0 Å². The van der Waals surface area contributed by atoms with Crippen LogP contribution in [-0.2, 0) is 11.3 Å². The number of carbonyl (C=O) groups is 1. The normalized spacial score (nSPS) is 15.0. The Balaban J connectivity index is 1.31. The molecule has 0 saturated carbocycles. The Bertz CT molecular complexity index is 1560. The van der Waals surface area contributed by atoms with Gasteiger partial charge in [0.25, 0.3) is 0 Å². The summed E-state index contributed by atoms with van der Waals surface area (Å²) in [7, 11) is 0. The zero-order valence-electron chi connectivity index (χ0n) is 21.6. The number of rotatable bonds is 10. The number of aromatic nitrogens is 3. The summed E-state index contributed by atoms with van der Waals surface area (Å²) in [6.07, 6.45) is 2.27. The van der Waals surface area contributed by atoms with E-state index in [1.807, 2.05) is 18.2 Å². The first-order valence-electron chi connectivity index (χ1n) is 12.6. The van der Waals surface area contributed by atoms with Gasteiger partial charge >= 0.3 is 11.8 Å². The van der Waals surface area contributed by atoms with Crippen molar-refractivity contribution in [3.63, 3.8) is 0 Å². The fourth-order valence-electron chi connectivity index (χ4n) is 4.35. The third kappa shape index (κ3) is 6.70. The second-order valence-corrected chi connectivity index (χ2v) is 9.45. The van der Waals surface area contributed by atoms with Crippen LogP contribution in [0.4, 0.5) is 22.0 Å². The number of halogens is 1. The van der Waals surface area contributed by atoms with Crippen LogP contribution in [0, 0.1) is 10.1 Å². The summed E-state index contributed by atoms with van der Waals surface area (Å²) in [5.74, 6) is 0.821. The maximum atomic E-state index is 11.9. The highest BCUT2D eigenvalue weighted by molar-refractivity contribution is 6.32. The van der Waals surface area contributed by atoms with E-state index in [1.165, 1.54) is 23.4 Å². The van der Waals surface area contributed by atoms with Crippen molar-refractivity contribution in [1.29, 1.82) is 0 Å². The highest BCUT2D eigenvalue weighted by atomic mass is 35.5. The van der Waals surface area contributed by atoms with Crippen molar-refractivity contribution in [2.75, 3.05) is 31.7 Å². The molecule has 13 nitrogen and oxygen atoms in total. The van der Waals surface area contributed by atoms with Gasteiger partial charge < -0.3 is 29.5 Å². The van der Waals surface area contributed by atoms with E-state index in [1.54, 1.807) is 24.4 Å². The number of ether oxygens (including phenoxy) is 3. The first-order chi connectivity index (χ1) is 19.9. The summed E-state index contributed by atoms with van der Waals surface area (Å²) in [4.78, 5) is 36.9. The molecule has 1 unspecified atom stereocenters. The Morgan fingerprint density at radius 1 is 1.17 bits per heavy atom. The largest absolute Gasteiger partial charge is 0.487 e. The quantitative estimate of drug-likeness (QED) is 0.190. The molecule has 2 aromatic carbocycles. The van der Waals surface area contributed by atoms with Crippen molar-refractivity contribution in [3.8, 4) is 11.5 Å². The van der Waals surface area contributed by atoms with Crippen LogP contribution >= 0.6 is 11.6 Å². The van der Waals surface area contributed by atoms with Gasteiger partial charge in [0, 0.05) is 37.0 Å². The topological polar surface area (TPSA) is 162 Å². The van der Waals surface area contributed by atoms with E-state index in [-0.39, 0.29) is 37.8 Å². The van der Waals surface area contributed by atoms with Gasteiger partial charge in [0.2, 0.25) is 0 Å². The van der Waals surface area contributed by atoms with E-state index in [0.717, 1.165) is 5.69 Å². The summed E-state index contributed by atoms with van der Waals surface area (Å²) >= 11 is 6.43. The van der Waals surface area contributed by atoms with Gasteiger partial charge in [-0.05, 0) is 30.3 Å². The number of nitro groups is 1. The molecule has 1 aliphatic rings. The lowest BCUT2D eigenvalue weighted by Gasteiger charge is -2.33. The second kappa shape index (κ2) is 12.6. The molecule has 1 aliphatic heterocycles. The number of pyridine rings is 1. The van der Waals surface area contributed by atoms with Crippen LogP contribution in [0.1, 0.15) is 12.1 Å². The Labute approximate surface area is 238 Å². The SMILES string of the molecule is O=C(O)N1CCOCC1CCOc1cc2ncnc(Nc3ccc(OCc4ccccn4)c(Cl)c3)c2cc1[N+](=O)[O-]. The van der Waals surface area contributed by atoms with E-state index >= 15 is 0 Å². The first kappa shape index (κ1) is 27.8. The lowest BCUT2D eigenvalue weighted by atomic mass is 10.1. The molecule has 0 aliphatic carbocycles. The van der Waals surface area contributed by atoms with Crippen LogP contribution in [0.5, 0.6) is 11.5 Å².